The molecule has 8 heteroatoms. The highest BCUT2D eigenvalue weighted by molar-refractivity contribution is 7.92. The van der Waals surface area contributed by atoms with Crippen molar-refractivity contribution in [2.75, 3.05) is 5.32 Å². The van der Waals surface area contributed by atoms with Gasteiger partial charge in [-0.3, -0.25) is 4.79 Å². The van der Waals surface area contributed by atoms with Crippen LogP contribution < -0.4 is 5.32 Å². The van der Waals surface area contributed by atoms with Gasteiger partial charge < -0.3 is 5.32 Å². The molecule has 0 aliphatic rings. The third-order valence-electron chi connectivity index (χ3n) is 3.39. The number of sulfone groups is 1. The summed E-state index contributed by atoms with van der Waals surface area (Å²) in [5.41, 5.74) is 0.676. The number of carbonyl (C=O) groups is 1. The molecule has 2 aromatic carbocycles. The SMILES string of the molecule is C[C@H](C(=O)Nc1ccc(Cl)cc1)S(=O)(=O)Cc1ccc(F)cc1Cl. The summed E-state index contributed by atoms with van der Waals surface area (Å²) < 4.78 is 37.8. The molecule has 1 atom stereocenters. The molecule has 1 N–H and O–H groups in total. The Morgan fingerprint density at radius 3 is 2.38 bits per heavy atom. The lowest BCUT2D eigenvalue weighted by Gasteiger charge is -2.14. The maximum Gasteiger partial charge on any atom is 0.242 e. The summed E-state index contributed by atoms with van der Waals surface area (Å²) in [7, 11) is -3.82. The van der Waals surface area contributed by atoms with Crippen LogP contribution in [0.2, 0.25) is 10.0 Å². The van der Waals surface area contributed by atoms with Gasteiger partial charge in [0.25, 0.3) is 0 Å². The maximum absolute atomic E-state index is 13.0. The number of benzene rings is 2. The molecule has 0 aliphatic carbocycles. The first-order valence-electron chi connectivity index (χ1n) is 6.91. The van der Waals surface area contributed by atoms with E-state index in [0.717, 1.165) is 12.1 Å². The van der Waals surface area contributed by atoms with Crippen molar-refractivity contribution < 1.29 is 17.6 Å². The van der Waals surface area contributed by atoms with E-state index in [9.17, 15) is 17.6 Å². The minimum absolute atomic E-state index is 0.00360. The van der Waals surface area contributed by atoms with Gasteiger partial charge in [0, 0.05) is 15.7 Å². The third kappa shape index (κ3) is 4.69. The van der Waals surface area contributed by atoms with E-state index in [4.69, 9.17) is 23.2 Å². The van der Waals surface area contributed by atoms with Crippen LogP contribution in [-0.2, 0) is 20.4 Å². The second kappa shape index (κ2) is 7.51. The summed E-state index contributed by atoms with van der Waals surface area (Å²) in [6.45, 7) is 1.29. The van der Waals surface area contributed by atoms with E-state index >= 15 is 0 Å². The Kier molecular flexibility index (Phi) is 5.85. The standard InChI is InChI=1S/C16H14Cl2FNO3S/c1-10(16(21)20-14-6-3-12(17)4-7-14)24(22,23)9-11-2-5-13(19)8-15(11)18/h2-8,10H,9H2,1H3,(H,20,21)/t10-/m1/s1. The van der Waals surface area contributed by atoms with Crippen LogP contribution in [0.3, 0.4) is 0 Å². The number of anilines is 1. The predicted octanol–water partition coefficient (Wildman–Crippen LogP) is 4.07. The summed E-state index contributed by atoms with van der Waals surface area (Å²) in [5, 5.41) is 1.72. The fourth-order valence-electron chi connectivity index (χ4n) is 1.92. The zero-order valence-corrected chi connectivity index (χ0v) is 14.9. The van der Waals surface area contributed by atoms with E-state index in [-0.39, 0.29) is 10.6 Å². The lowest BCUT2D eigenvalue weighted by atomic mass is 10.2. The monoisotopic (exact) mass is 389 g/mol. The molecule has 4 nitrogen and oxygen atoms in total. The van der Waals surface area contributed by atoms with Gasteiger partial charge in [-0.1, -0.05) is 29.3 Å². The molecule has 0 aliphatic heterocycles. The van der Waals surface area contributed by atoms with Gasteiger partial charge in [-0.05, 0) is 48.9 Å². The van der Waals surface area contributed by atoms with Crippen LogP contribution in [0.1, 0.15) is 12.5 Å². The molecule has 0 saturated heterocycles. The molecule has 0 radical (unpaired) electrons. The smallest absolute Gasteiger partial charge is 0.242 e. The number of hydrogen-bond acceptors (Lipinski definition) is 3. The van der Waals surface area contributed by atoms with Crippen LogP contribution in [0.25, 0.3) is 0 Å². The first-order chi connectivity index (χ1) is 11.2. The molecule has 2 aromatic rings. The van der Waals surface area contributed by atoms with Crippen molar-refractivity contribution in [2.24, 2.45) is 0 Å². The van der Waals surface area contributed by atoms with Gasteiger partial charge in [0.05, 0.1) is 5.75 Å². The average molecular weight is 390 g/mol. The lowest BCUT2D eigenvalue weighted by Crippen LogP contribution is -2.33. The van der Waals surface area contributed by atoms with Crippen molar-refractivity contribution in [3.63, 3.8) is 0 Å². The van der Waals surface area contributed by atoms with Crippen LogP contribution in [0, 0.1) is 5.82 Å². The highest BCUT2D eigenvalue weighted by Gasteiger charge is 2.29. The molecule has 24 heavy (non-hydrogen) atoms. The summed E-state index contributed by atoms with van der Waals surface area (Å²) in [6, 6.07) is 9.73. The highest BCUT2D eigenvalue weighted by Crippen LogP contribution is 2.22. The van der Waals surface area contributed by atoms with Crippen molar-refractivity contribution in [3.8, 4) is 0 Å². The van der Waals surface area contributed by atoms with Crippen molar-refractivity contribution in [3.05, 3.63) is 63.9 Å². The molecule has 128 valence electrons. The van der Waals surface area contributed by atoms with Crippen molar-refractivity contribution in [1.82, 2.24) is 0 Å². The third-order valence-corrected chi connectivity index (χ3v) is 6.00. The van der Waals surface area contributed by atoms with Crippen LogP contribution in [0.15, 0.2) is 42.5 Å². The fourth-order valence-corrected chi connectivity index (χ4v) is 3.68. The second-order valence-corrected chi connectivity index (χ2v) is 8.35. The van der Waals surface area contributed by atoms with E-state index in [1.807, 2.05) is 0 Å². The summed E-state index contributed by atoms with van der Waals surface area (Å²) in [4.78, 5) is 12.2. The first kappa shape index (κ1) is 18.7. The quantitative estimate of drug-likeness (QED) is 0.837. The predicted molar refractivity (Wildman–Crippen MR) is 93.6 cm³/mol. The normalized spacial score (nSPS) is 12.7. The number of carbonyl (C=O) groups excluding carboxylic acids is 1. The van der Waals surface area contributed by atoms with Crippen molar-refractivity contribution in [1.29, 1.82) is 0 Å². The van der Waals surface area contributed by atoms with Gasteiger partial charge in [0.15, 0.2) is 9.84 Å². The molecular formula is C16H14Cl2FNO3S. The Hall–Kier alpha value is -1.63. The zero-order valence-electron chi connectivity index (χ0n) is 12.6. The topological polar surface area (TPSA) is 63.2 Å². The van der Waals surface area contributed by atoms with Crippen molar-refractivity contribution >= 4 is 44.6 Å². The number of amides is 1. The van der Waals surface area contributed by atoms with E-state index in [1.165, 1.54) is 13.0 Å². The van der Waals surface area contributed by atoms with Gasteiger partial charge in [0.1, 0.15) is 11.1 Å². The number of nitrogens with one attached hydrogen (secondary N) is 1. The Morgan fingerprint density at radius 1 is 1.17 bits per heavy atom. The molecule has 0 heterocycles. The molecular weight excluding hydrogens is 376 g/mol. The van der Waals surface area contributed by atoms with Crippen LogP contribution in [-0.4, -0.2) is 19.6 Å². The summed E-state index contributed by atoms with van der Waals surface area (Å²) in [5.74, 6) is -1.69. The number of hydrogen-bond donors (Lipinski definition) is 1. The molecule has 0 aromatic heterocycles. The highest BCUT2D eigenvalue weighted by atomic mass is 35.5. The van der Waals surface area contributed by atoms with Gasteiger partial charge in [0.2, 0.25) is 5.91 Å². The molecule has 0 bridgehead atoms. The largest absolute Gasteiger partial charge is 0.325 e. The number of halogens is 3. The van der Waals surface area contributed by atoms with E-state index in [2.05, 4.69) is 5.32 Å². The van der Waals surface area contributed by atoms with Gasteiger partial charge in [-0.2, -0.15) is 0 Å². The molecule has 1 amide bonds. The first-order valence-corrected chi connectivity index (χ1v) is 9.38. The molecule has 0 unspecified atom stereocenters. The Morgan fingerprint density at radius 2 is 1.79 bits per heavy atom. The van der Waals surface area contributed by atoms with Gasteiger partial charge in [-0.25, -0.2) is 12.8 Å². The maximum atomic E-state index is 13.0. The minimum atomic E-state index is -3.82. The lowest BCUT2D eigenvalue weighted by molar-refractivity contribution is -0.115. The fraction of sp³-hybridized carbons (Fsp3) is 0.188. The van der Waals surface area contributed by atoms with Gasteiger partial charge in [-0.15, -0.1) is 0 Å². The Labute approximate surface area is 149 Å². The summed E-state index contributed by atoms with van der Waals surface area (Å²) >= 11 is 11.6. The van der Waals surface area contributed by atoms with Crippen LogP contribution >= 0.6 is 23.2 Å². The Balaban J connectivity index is 2.12. The zero-order chi connectivity index (χ0) is 17.9. The average Bonchev–Trinajstić information content (AvgIpc) is 2.51. The van der Waals surface area contributed by atoms with Crippen LogP contribution in [0.5, 0.6) is 0 Å². The van der Waals surface area contributed by atoms with E-state index in [0.29, 0.717) is 10.7 Å². The minimum Gasteiger partial charge on any atom is -0.325 e. The van der Waals surface area contributed by atoms with Gasteiger partial charge >= 0.3 is 0 Å². The van der Waals surface area contributed by atoms with E-state index in [1.54, 1.807) is 24.3 Å². The summed E-state index contributed by atoms with van der Waals surface area (Å²) in [6.07, 6.45) is 0. The van der Waals surface area contributed by atoms with E-state index < -0.39 is 32.6 Å². The van der Waals surface area contributed by atoms with Crippen molar-refractivity contribution in [2.45, 2.75) is 17.9 Å². The van der Waals surface area contributed by atoms with Crippen LogP contribution in [0.4, 0.5) is 10.1 Å². The molecule has 0 fully saturated rings. The Bertz CT molecular complexity index is 854. The molecule has 0 spiro atoms. The number of rotatable bonds is 5. The molecule has 2 rings (SSSR count). The second-order valence-electron chi connectivity index (χ2n) is 5.18. The molecule has 0 saturated carbocycles.